The summed E-state index contributed by atoms with van der Waals surface area (Å²) in [6.45, 7) is 2.69. The van der Waals surface area contributed by atoms with Crippen molar-refractivity contribution < 1.29 is 13.6 Å². The Kier molecular flexibility index (Phi) is 6.36. The van der Waals surface area contributed by atoms with E-state index in [-0.39, 0.29) is 24.4 Å². The van der Waals surface area contributed by atoms with Crippen LogP contribution in [0.4, 0.5) is 8.78 Å². The third kappa shape index (κ3) is 3.90. The molecule has 1 amide bonds. The van der Waals surface area contributed by atoms with Crippen molar-refractivity contribution in [1.29, 1.82) is 0 Å². The van der Waals surface area contributed by atoms with Gasteiger partial charge in [0.1, 0.15) is 11.6 Å². The van der Waals surface area contributed by atoms with Gasteiger partial charge in [0, 0.05) is 11.6 Å². The average molecular weight is 305 g/mol. The van der Waals surface area contributed by atoms with Crippen LogP contribution in [0.15, 0.2) is 18.2 Å². The fraction of sp³-hybridized carbons (Fsp3) is 0.500. The minimum absolute atomic E-state index is 0. The second-order valence-corrected chi connectivity index (χ2v) is 4.78. The lowest BCUT2D eigenvalue weighted by molar-refractivity contribution is -0.123. The summed E-state index contributed by atoms with van der Waals surface area (Å²) in [5.41, 5.74) is 0.329. The molecule has 0 aliphatic carbocycles. The van der Waals surface area contributed by atoms with Gasteiger partial charge in [-0.05, 0) is 31.9 Å². The van der Waals surface area contributed by atoms with Gasteiger partial charge in [-0.2, -0.15) is 0 Å². The molecule has 0 bridgehead atoms. The molecule has 2 rings (SSSR count). The Labute approximate surface area is 123 Å². The molecule has 3 nitrogen and oxygen atoms in total. The van der Waals surface area contributed by atoms with E-state index in [1.807, 2.05) is 6.92 Å². The molecule has 2 unspecified atom stereocenters. The number of carbonyl (C=O) groups is 1. The van der Waals surface area contributed by atoms with Gasteiger partial charge in [-0.3, -0.25) is 4.79 Å². The average Bonchev–Trinajstić information content (AvgIpc) is 2.90. The number of benzene rings is 1. The van der Waals surface area contributed by atoms with E-state index in [0.717, 1.165) is 25.5 Å². The van der Waals surface area contributed by atoms with Gasteiger partial charge in [0.25, 0.3) is 0 Å². The highest BCUT2D eigenvalue weighted by Gasteiger charge is 2.25. The van der Waals surface area contributed by atoms with Crippen molar-refractivity contribution in [3.05, 3.63) is 35.4 Å². The molecular weight excluding hydrogens is 286 g/mol. The van der Waals surface area contributed by atoms with E-state index in [4.69, 9.17) is 0 Å². The third-order valence-corrected chi connectivity index (χ3v) is 3.44. The summed E-state index contributed by atoms with van der Waals surface area (Å²) in [6.07, 6.45) is 2.33. The minimum atomic E-state index is -0.619. The Morgan fingerprint density at radius 3 is 2.80 bits per heavy atom. The third-order valence-electron chi connectivity index (χ3n) is 3.44. The van der Waals surface area contributed by atoms with Crippen LogP contribution in [0.5, 0.6) is 0 Å². The Bertz CT molecular complexity index is 464. The lowest BCUT2D eigenvalue weighted by Gasteiger charge is -2.20. The molecule has 112 valence electrons. The maximum absolute atomic E-state index is 13.7. The van der Waals surface area contributed by atoms with Crippen LogP contribution >= 0.6 is 12.4 Å². The number of hydrogen-bond donors (Lipinski definition) is 2. The number of rotatable bonds is 4. The molecular formula is C14H19ClF2N2O. The van der Waals surface area contributed by atoms with Crippen LogP contribution in [-0.4, -0.2) is 18.5 Å². The molecule has 1 aromatic carbocycles. The van der Waals surface area contributed by atoms with Crippen LogP contribution in [0.25, 0.3) is 0 Å². The first-order valence-electron chi connectivity index (χ1n) is 6.60. The monoisotopic (exact) mass is 304 g/mol. The predicted octanol–water partition coefficient (Wildman–Crippen LogP) is 2.71. The van der Waals surface area contributed by atoms with Gasteiger partial charge in [0.2, 0.25) is 5.91 Å². The summed E-state index contributed by atoms with van der Waals surface area (Å²) < 4.78 is 26.6. The van der Waals surface area contributed by atoms with Gasteiger partial charge in [-0.25, -0.2) is 8.78 Å². The van der Waals surface area contributed by atoms with Crippen LogP contribution in [-0.2, 0) is 4.79 Å². The van der Waals surface area contributed by atoms with E-state index in [1.165, 1.54) is 12.1 Å². The van der Waals surface area contributed by atoms with E-state index in [0.29, 0.717) is 12.0 Å². The molecule has 20 heavy (non-hydrogen) atoms. The number of halogens is 3. The second-order valence-electron chi connectivity index (χ2n) is 4.78. The first-order chi connectivity index (χ1) is 9.11. The van der Waals surface area contributed by atoms with Gasteiger partial charge in [-0.1, -0.05) is 13.0 Å². The zero-order valence-corrected chi connectivity index (χ0v) is 12.1. The van der Waals surface area contributed by atoms with Gasteiger partial charge < -0.3 is 10.6 Å². The highest BCUT2D eigenvalue weighted by molar-refractivity contribution is 5.85. The second kappa shape index (κ2) is 7.55. The Morgan fingerprint density at radius 1 is 1.50 bits per heavy atom. The van der Waals surface area contributed by atoms with Gasteiger partial charge in [0.05, 0.1) is 12.1 Å². The first kappa shape index (κ1) is 16.9. The molecule has 1 aliphatic rings. The summed E-state index contributed by atoms with van der Waals surface area (Å²) in [5, 5.41) is 5.92. The predicted molar refractivity (Wildman–Crippen MR) is 75.8 cm³/mol. The smallest absolute Gasteiger partial charge is 0.237 e. The number of carbonyl (C=O) groups excluding carboxylic acids is 1. The first-order valence-corrected chi connectivity index (χ1v) is 6.60. The number of amides is 1. The summed E-state index contributed by atoms with van der Waals surface area (Å²) in [4.78, 5) is 12.0. The van der Waals surface area contributed by atoms with Gasteiger partial charge >= 0.3 is 0 Å². The van der Waals surface area contributed by atoms with E-state index >= 15 is 0 Å². The summed E-state index contributed by atoms with van der Waals surface area (Å²) in [7, 11) is 0. The standard InChI is InChI=1S/C14H18F2N2O.ClH/c1-2-12(10-6-5-9(15)8-11(10)16)18-14(19)13-4-3-7-17-13;/h5-6,8,12-13,17H,2-4,7H2,1H3,(H,18,19);1H. The molecule has 1 saturated heterocycles. The van der Waals surface area contributed by atoms with Gasteiger partial charge in [-0.15, -0.1) is 12.4 Å². The maximum Gasteiger partial charge on any atom is 0.237 e. The number of hydrogen-bond acceptors (Lipinski definition) is 2. The van der Waals surface area contributed by atoms with Crippen molar-refractivity contribution in [2.45, 2.75) is 38.3 Å². The van der Waals surface area contributed by atoms with Crippen LogP contribution < -0.4 is 10.6 Å². The minimum Gasteiger partial charge on any atom is -0.348 e. The molecule has 2 N–H and O–H groups in total. The van der Waals surface area contributed by atoms with Crippen LogP contribution in [0.2, 0.25) is 0 Å². The topological polar surface area (TPSA) is 41.1 Å². The van der Waals surface area contributed by atoms with E-state index in [2.05, 4.69) is 10.6 Å². The van der Waals surface area contributed by atoms with Crippen LogP contribution in [0.1, 0.15) is 37.8 Å². The highest BCUT2D eigenvalue weighted by Crippen LogP contribution is 2.21. The molecule has 1 aromatic rings. The summed E-state index contributed by atoms with van der Waals surface area (Å²) in [6, 6.07) is 2.83. The molecule has 6 heteroatoms. The molecule has 1 heterocycles. The Balaban J connectivity index is 0.00000200. The molecule has 1 aliphatic heterocycles. The fourth-order valence-corrected chi connectivity index (χ4v) is 2.36. The van der Waals surface area contributed by atoms with Gasteiger partial charge in [0.15, 0.2) is 0 Å². The van der Waals surface area contributed by atoms with E-state index in [9.17, 15) is 13.6 Å². The van der Waals surface area contributed by atoms with Crippen molar-refractivity contribution in [2.24, 2.45) is 0 Å². The van der Waals surface area contributed by atoms with Crippen LogP contribution in [0, 0.1) is 11.6 Å². The normalized spacial score (nSPS) is 19.2. The fourth-order valence-electron chi connectivity index (χ4n) is 2.36. The molecule has 0 spiro atoms. The zero-order valence-electron chi connectivity index (χ0n) is 11.3. The van der Waals surface area contributed by atoms with Crippen molar-refractivity contribution in [1.82, 2.24) is 10.6 Å². The number of nitrogens with one attached hydrogen (secondary N) is 2. The van der Waals surface area contributed by atoms with Crippen molar-refractivity contribution in [3.63, 3.8) is 0 Å². The van der Waals surface area contributed by atoms with E-state index in [1.54, 1.807) is 0 Å². The Morgan fingerprint density at radius 2 is 2.25 bits per heavy atom. The molecule has 0 radical (unpaired) electrons. The largest absolute Gasteiger partial charge is 0.348 e. The molecule has 0 aromatic heterocycles. The molecule has 2 atom stereocenters. The van der Waals surface area contributed by atoms with Crippen molar-refractivity contribution >= 4 is 18.3 Å². The van der Waals surface area contributed by atoms with Crippen molar-refractivity contribution in [3.8, 4) is 0 Å². The molecule has 1 fully saturated rings. The van der Waals surface area contributed by atoms with E-state index < -0.39 is 17.7 Å². The zero-order chi connectivity index (χ0) is 13.8. The Hall–Kier alpha value is -1.20. The van der Waals surface area contributed by atoms with Crippen LogP contribution in [0.3, 0.4) is 0 Å². The quantitative estimate of drug-likeness (QED) is 0.898. The lowest BCUT2D eigenvalue weighted by atomic mass is 10.0. The molecule has 0 saturated carbocycles. The summed E-state index contributed by atoms with van der Waals surface area (Å²) >= 11 is 0. The van der Waals surface area contributed by atoms with Crippen molar-refractivity contribution in [2.75, 3.05) is 6.54 Å². The highest BCUT2D eigenvalue weighted by atomic mass is 35.5. The summed E-state index contributed by atoms with van der Waals surface area (Å²) in [5.74, 6) is -1.35. The SMILES string of the molecule is CCC(NC(=O)C1CCCN1)c1ccc(F)cc1F.Cl. The lowest BCUT2D eigenvalue weighted by Crippen LogP contribution is -2.42. The maximum atomic E-state index is 13.7.